The monoisotopic (exact) mass is 835 g/mol. The Morgan fingerprint density at radius 3 is 1.27 bits per heavy atom. The lowest BCUT2D eigenvalue weighted by molar-refractivity contribution is -0.162. The van der Waals surface area contributed by atoms with E-state index in [0.29, 0.717) is 25.9 Å². The fraction of sp³-hybridized carbons (Fsp3) is 0.709. The van der Waals surface area contributed by atoms with Gasteiger partial charge < -0.3 is 14.2 Å². The van der Waals surface area contributed by atoms with Gasteiger partial charge in [-0.3, -0.25) is 9.59 Å². The Bertz CT molecular complexity index is 1130. The lowest BCUT2D eigenvalue weighted by Gasteiger charge is -2.18. The topological polar surface area (TPSA) is 61.8 Å². The van der Waals surface area contributed by atoms with Crippen molar-refractivity contribution >= 4 is 11.9 Å². The third-order valence-electron chi connectivity index (χ3n) is 10.4. The second kappa shape index (κ2) is 50.4. The molecule has 5 nitrogen and oxygen atoms in total. The molecule has 0 saturated heterocycles. The molecule has 0 aliphatic carbocycles. The van der Waals surface area contributed by atoms with Crippen LogP contribution in [0.25, 0.3) is 0 Å². The third-order valence-corrected chi connectivity index (χ3v) is 10.4. The number of hydrogen-bond acceptors (Lipinski definition) is 5. The van der Waals surface area contributed by atoms with Crippen molar-refractivity contribution in [3.8, 4) is 0 Å². The van der Waals surface area contributed by atoms with Gasteiger partial charge >= 0.3 is 11.9 Å². The highest BCUT2D eigenvalue weighted by atomic mass is 16.6. The van der Waals surface area contributed by atoms with Crippen molar-refractivity contribution in [2.75, 3.05) is 19.8 Å². The van der Waals surface area contributed by atoms with Gasteiger partial charge in [0.2, 0.25) is 0 Å². The predicted octanol–water partition coefficient (Wildman–Crippen LogP) is 16.9. The molecule has 0 aromatic heterocycles. The lowest BCUT2D eigenvalue weighted by Crippen LogP contribution is -2.30. The second-order valence-electron chi connectivity index (χ2n) is 16.3. The first-order chi connectivity index (χ1) is 29.6. The number of unbranched alkanes of at least 4 members (excludes halogenated alkanes) is 20. The number of carbonyl (C=O) groups excluding carboxylic acids is 2. The largest absolute Gasteiger partial charge is 0.462 e. The molecule has 1 atom stereocenters. The molecule has 5 heteroatoms. The van der Waals surface area contributed by atoms with Crippen LogP contribution in [-0.4, -0.2) is 37.9 Å². The van der Waals surface area contributed by atoms with Crippen LogP contribution in [0.4, 0.5) is 0 Å². The average Bonchev–Trinajstić information content (AvgIpc) is 3.25. The molecule has 344 valence electrons. The van der Waals surface area contributed by atoms with Crippen molar-refractivity contribution in [1.29, 1.82) is 0 Å². The molecule has 0 aromatic rings. The molecule has 0 aliphatic rings. The highest BCUT2D eigenvalue weighted by Gasteiger charge is 2.17. The van der Waals surface area contributed by atoms with Gasteiger partial charge in [-0.15, -0.1) is 0 Å². The van der Waals surface area contributed by atoms with Gasteiger partial charge in [-0.1, -0.05) is 221 Å². The molecule has 0 heterocycles. The molecular weight excluding hydrogens is 741 g/mol. The Morgan fingerprint density at radius 2 is 0.783 bits per heavy atom. The summed E-state index contributed by atoms with van der Waals surface area (Å²) in [6.07, 6.45) is 66.0. The van der Waals surface area contributed by atoms with Crippen molar-refractivity contribution in [2.45, 2.75) is 232 Å². The van der Waals surface area contributed by atoms with Crippen molar-refractivity contribution in [1.82, 2.24) is 0 Å². The van der Waals surface area contributed by atoms with Crippen LogP contribution in [0, 0.1) is 0 Å². The number of carbonyl (C=O) groups is 2. The zero-order valence-corrected chi connectivity index (χ0v) is 39.5. The summed E-state index contributed by atoms with van der Waals surface area (Å²) in [5.41, 5.74) is 0. The van der Waals surface area contributed by atoms with Gasteiger partial charge in [-0.25, -0.2) is 0 Å². The fourth-order valence-electron chi connectivity index (χ4n) is 6.77. The molecule has 0 spiro atoms. The van der Waals surface area contributed by atoms with Gasteiger partial charge in [-0.05, 0) is 77.0 Å². The molecule has 0 saturated carbocycles. The van der Waals surface area contributed by atoms with Gasteiger partial charge in [0.25, 0.3) is 0 Å². The Kier molecular flexibility index (Phi) is 48.0. The molecule has 0 rings (SSSR count). The summed E-state index contributed by atoms with van der Waals surface area (Å²) in [4.78, 5) is 25.3. The van der Waals surface area contributed by atoms with E-state index in [4.69, 9.17) is 14.2 Å². The number of rotatable bonds is 45. The summed E-state index contributed by atoms with van der Waals surface area (Å²) in [5, 5.41) is 0. The van der Waals surface area contributed by atoms with Crippen LogP contribution in [0.15, 0.2) is 85.1 Å². The first-order valence-electron chi connectivity index (χ1n) is 25.1. The summed E-state index contributed by atoms with van der Waals surface area (Å²) in [6.45, 7) is 7.51. The lowest BCUT2D eigenvalue weighted by atomic mass is 10.0. The average molecular weight is 835 g/mol. The maximum Gasteiger partial charge on any atom is 0.306 e. The Balaban J connectivity index is 4.34. The van der Waals surface area contributed by atoms with Crippen LogP contribution in [-0.2, 0) is 23.8 Å². The van der Waals surface area contributed by atoms with Crippen molar-refractivity contribution in [3.63, 3.8) is 0 Å². The highest BCUT2D eigenvalue weighted by molar-refractivity contribution is 5.70. The van der Waals surface area contributed by atoms with E-state index in [1.54, 1.807) is 0 Å². The van der Waals surface area contributed by atoms with Crippen molar-refractivity contribution < 1.29 is 23.8 Å². The summed E-state index contributed by atoms with van der Waals surface area (Å²) in [6, 6.07) is 0. The minimum Gasteiger partial charge on any atom is -0.462 e. The summed E-state index contributed by atoms with van der Waals surface area (Å²) < 4.78 is 17.3. The third kappa shape index (κ3) is 47.8. The molecule has 0 fully saturated rings. The first-order valence-corrected chi connectivity index (χ1v) is 25.1. The molecule has 0 bridgehead atoms. The van der Waals surface area contributed by atoms with E-state index in [0.717, 1.165) is 70.6 Å². The number of allylic oxidation sites excluding steroid dienone is 14. The number of ether oxygens (including phenoxy) is 3. The molecule has 0 radical (unpaired) electrons. The summed E-state index contributed by atoms with van der Waals surface area (Å²) in [5.74, 6) is -0.493. The molecule has 0 N–H and O–H groups in total. The van der Waals surface area contributed by atoms with E-state index in [-0.39, 0.29) is 25.2 Å². The number of hydrogen-bond donors (Lipinski definition) is 0. The van der Waals surface area contributed by atoms with E-state index in [1.165, 1.54) is 116 Å². The van der Waals surface area contributed by atoms with Crippen LogP contribution in [0.1, 0.15) is 226 Å². The zero-order valence-electron chi connectivity index (χ0n) is 39.5. The molecule has 0 aromatic carbocycles. The minimum atomic E-state index is -0.569. The zero-order chi connectivity index (χ0) is 43.5. The molecule has 0 amide bonds. The molecular formula is C55H94O5. The van der Waals surface area contributed by atoms with E-state index in [2.05, 4.69) is 99.8 Å². The van der Waals surface area contributed by atoms with Gasteiger partial charge in [0.15, 0.2) is 6.10 Å². The van der Waals surface area contributed by atoms with E-state index in [9.17, 15) is 9.59 Å². The molecule has 0 aliphatic heterocycles. The van der Waals surface area contributed by atoms with Crippen molar-refractivity contribution in [2.24, 2.45) is 0 Å². The molecule has 60 heavy (non-hydrogen) atoms. The van der Waals surface area contributed by atoms with Crippen LogP contribution >= 0.6 is 0 Å². The van der Waals surface area contributed by atoms with E-state index in [1.807, 2.05) is 6.08 Å². The minimum absolute atomic E-state index is 0.0428. The van der Waals surface area contributed by atoms with E-state index < -0.39 is 6.10 Å². The summed E-state index contributed by atoms with van der Waals surface area (Å²) in [7, 11) is 0. The fourth-order valence-corrected chi connectivity index (χ4v) is 6.77. The Morgan fingerprint density at radius 1 is 0.383 bits per heavy atom. The summed E-state index contributed by atoms with van der Waals surface area (Å²) >= 11 is 0. The standard InChI is InChI=1S/C55H94O5/c1-4-7-10-13-16-19-22-25-26-27-28-29-32-35-38-41-44-47-50-58-51-53(60-55(57)49-46-43-40-37-34-31-24-21-18-15-12-9-6-3)52-59-54(56)48-45-42-39-36-33-30-23-20-17-14-11-8-5-2/h7-8,10-11,16-17,19-20,25-26,30,33,39,42,53H,4-6,9,12-15,18,21-24,27-29,31-32,34-38,40-41,43-52H2,1-3H3/b10-7-,11-8-,19-16-,20-17-,26-25-,33-30-,42-39-. The van der Waals surface area contributed by atoms with Crippen LogP contribution in [0.2, 0.25) is 0 Å². The normalized spacial score (nSPS) is 12.9. The Labute approximate surface area is 371 Å². The first kappa shape index (κ1) is 57.1. The van der Waals surface area contributed by atoms with Crippen LogP contribution in [0.3, 0.4) is 0 Å². The Hall–Kier alpha value is -2.92. The van der Waals surface area contributed by atoms with Gasteiger partial charge in [0.1, 0.15) is 6.61 Å². The molecule has 1 unspecified atom stereocenters. The highest BCUT2D eigenvalue weighted by Crippen LogP contribution is 2.14. The second-order valence-corrected chi connectivity index (χ2v) is 16.3. The smallest absolute Gasteiger partial charge is 0.306 e. The SMILES string of the molecule is CC/C=C\C/C=C\C/C=C\C/C=C\CCC(=O)OCC(COCCCCCCCCCC/C=C\C/C=C\C/C=C\CC)OC(=O)CCCCCCCCCCCCCCC. The van der Waals surface area contributed by atoms with Crippen LogP contribution in [0.5, 0.6) is 0 Å². The van der Waals surface area contributed by atoms with Crippen LogP contribution < -0.4 is 0 Å². The quantitative estimate of drug-likeness (QED) is 0.0347. The maximum absolute atomic E-state index is 12.8. The van der Waals surface area contributed by atoms with Gasteiger partial charge in [0.05, 0.1) is 6.61 Å². The number of esters is 2. The van der Waals surface area contributed by atoms with Crippen molar-refractivity contribution in [3.05, 3.63) is 85.1 Å². The predicted molar refractivity (Wildman–Crippen MR) is 260 cm³/mol. The van der Waals surface area contributed by atoms with Gasteiger partial charge in [0, 0.05) is 19.4 Å². The van der Waals surface area contributed by atoms with Gasteiger partial charge in [-0.2, -0.15) is 0 Å². The maximum atomic E-state index is 12.8. The van der Waals surface area contributed by atoms with E-state index >= 15 is 0 Å².